The van der Waals surface area contributed by atoms with Crippen LogP contribution in [0.25, 0.3) is 0 Å². The predicted octanol–water partition coefficient (Wildman–Crippen LogP) is 3.15. The molecular formula is C23H28N2O7S. The number of anilines is 1. The maximum Gasteiger partial charge on any atom is 0.342 e. The van der Waals surface area contributed by atoms with Crippen molar-refractivity contribution in [3.63, 3.8) is 0 Å². The Bertz CT molecular complexity index is 1110. The molecule has 2 aromatic carbocycles. The number of nitrogens with one attached hydrogen (secondary N) is 1. The molecule has 10 heteroatoms. The van der Waals surface area contributed by atoms with Crippen LogP contribution in [0.15, 0.2) is 47.4 Å². The molecule has 0 radical (unpaired) electrons. The van der Waals surface area contributed by atoms with Gasteiger partial charge in [0, 0.05) is 13.1 Å². The van der Waals surface area contributed by atoms with Gasteiger partial charge in [-0.15, -0.1) is 0 Å². The summed E-state index contributed by atoms with van der Waals surface area (Å²) in [6.45, 7) is -0.664. The lowest BCUT2D eigenvalue weighted by Crippen LogP contribution is -2.38. The standard InChI is InChI=1S/C23H28N2O7S/c1-25(16-8-4-3-5-9-16)33(29,30)21-11-7-6-10-19(21)24-22(27)15-32-23(28)18-14-17(31-2)12-13-20(18)26/h6-7,10-14,16,26H,3-5,8-9,15H2,1-2H3,(H,24,27). The number of rotatable bonds is 8. The third-order valence-electron chi connectivity index (χ3n) is 5.67. The van der Waals surface area contributed by atoms with Crippen LogP contribution in [0.2, 0.25) is 0 Å². The Hall–Kier alpha value is -3.11. The van der Waals surface area contributed by atoms with Crippen molar-refractivity contribution in [2.45, 2.75) is 43.0 Å². The Morgan fingerprint density at radius 1 is 1.12 bits per heavy atom. The summed E-state index contributed by atoms with van der Waals surface area (Å²) in [5.74, 6) is -1.61. The SMILES string of the molecule is COc1ccc(O)c(C(=O)OCC(=O)Nc2ccccc2S(=O)(=O)N(C)C2CCCCC2)c1. The van der Waals surface area contributed by atoms with Crippen molar-refractivity contribution < 1.29 is 32.6 Å². The van der Waals surface area contributed by atoms with E-state index in [2.05, 4.69) is 5.32 Å². The summed E-state index contributed by atoms with van der Waals surface area (Å²) in [4.78, 5) is 24.7. The zero-order valence-corrected chi connectivity index (χ0v) is 19.4. The van der Waals surface area contributed by atoms with E-state index in [1.54, 1.807) is 19.2 Å². The Morgan fingerprint density at radius 3 is 2.52 bits per heavy atom. The zero-order valence-electron chi connectivity index (χ0n) is 18.6. The summed E-state index contributed by atoms with van der Waals surface area (Å²) in [5.41, 5.74) is -0.0512. The molecule has 1 aliphatic rings. The number of esters is 1. The van der Waals surface area contributed by atoms with Crippen LogP contribution in [0.5, 0.6) is 11.5 Å². The molecule has 0 unspecified atom stereocenters. The normalized spacial score (nSPS) is 14.6. The average molecular weight is 477 g/mol. The highest BCUT2D eigenvalue weighted by Gasteiger charge is 2.31. The van der Waals surface area contributed by atoms with Crippen molar-refractivity contribution in [1.82, 2.24) is 4.31 Å². The summed E-state index contributed by atoms with van der Waals surface area (Å²) >= 11 is 0. The molecule has 0 spiro atoms. The molecule has 0 atom stereocenters. The molecule has 178 valence electrons. The lowest BCUT2D eigenvalue weighted by Gasteiger charge is -2.30. The van der Waals surface area contributed by atoms with Crippen molar-refractivity contribution in [2.75, 3.05) is 26.1 Å². The van der Waals surface area contributed by atoms with Gasteiger partial charge >= 0.3 is 5.97 Å². The van der Waals surface area contributed by atoms with Gasteiger partial charge in [-0.1, -0.05) is 31.4 Å². The second-order valence-corrected chi connectivity index (χ2v) is 9.78. The topological polar surface area (TPSA) is 122 Å². The van der Waals surface area contributed by atoms with E-state index in [1.165, 1.54) is 41.7 Å². The van der Waals surface area contributed by atoms with Crippen molar-refractivity contribution in [2.24, 2.45) is 0 Å². The smallest absolute Gasteiger partial charge is 0.342 e. The quantitative estimate of drug-likeness (QED) is 0.561. The molecular weight excluding hydrogens is 448 g/mol. The average Bonchev–Trinajstić information content (AvgIpc) is 2.83. The summed E-state index contributed by atoms with van der Waals surface area (Å²) in [6, 6.07) is 10.1. The van der Waals surface area contributed by atoms with E-state index < -0.39 is 28.5 Å². The number of aromatic hydroxyl groups is 1. The summed E-state index contributed by atoms with van der Waals surface area (Å²) in [5, 5.41) is 12.4. The molecule has 2 N–H and O–H groups in total. The van der Waals surface area contributed by atoms with Gasteiger partial charge in [0.15, 0.2) is 6.61 Å². The number of hydrogen-bond donors (Lipinski definition) is 2. The minimum absolute atomic E-state index is 0.0248. The van der Waals surface area contributed by atoms with E-state index in [0.29, 0.717) is 5.75 Å². The number of hydrogen-bond acceptors (Lipinski definition) is 7. The Kier molecular flexibility index (Phi) is 7.93. The Morgan fingerprint density at radius 2 is 1.82 bits per heavy atom. The van der Waals surface area contributed by atoms with Crippen molar-refractivity contribution in [3.8, 4) is 11.5 Å². The van der Waals surface area contributed by atoms with Crippen LogP contribution in [0, 0.1) is 0 Å². The predicted molar refractivity (Wildman–Crippen MR) is 122 cm³/mol. The van der Waals surface area contributed by atoms with Gasteiger partial charge in [-0.05, 0) is 43.2 Å². The number of ether oxygens (including phenoxy) is 2. The lowest BCUT2D eigenvalue weighted by atomic mass is 9.96. The Balaban J connectivity index is 1.69. The zero-order chi connectivity index (χ0) is 24.0. The largest absolute Gasteiger partial charge is 0.507 e. The fourth-order valence-corrected chi connectivity index (χ4v) is 5.35. The number of carbonyl (C=O) groups is 2. The molecule has 1 fully saturated rings. The molecule has 33 heavy (non-hydrogen) atoms. The Labute approximate surface area is 193 Å². The van der Waals surface area contributed by atoms with E-state index in [4.69, 9.17) is 9.47 Å². The maximum atomic E-state index is 13.2. The minimum Gasteiger partial charge on any atom is -0.507 e. The van der Waals surface area contributed by atoms with Crippen molar-refractivity contribution in [3.05, 3.63) is 48.0 Å². The molecule has 0 saturated heterocycles. The molecule has 3 rings (SSSR count). The first-order chi connectivity index (χ1) is 15.7. The van der Waals surface area contributed by atoms with E-state index >= 15 is 0 Å². The number of nitrogens with zero attached hydrogens (tertiary/aromatic N) is 1. The molecule has 9 nitrogen and oxygen atoms in total. The van der Waals surface area contributed by atoms with E-state index in [-0.39, 0.29) is 27.9 Å². The first kappa shape index (κ1) is 24.5. The van der Waals surface area contributed by atoms with Gasteiger partial charge in [-0.3, -0.25) is 4.79 Å². The van der Waals surface area contributed by atoms with Crippen LogP contribution < -0.4 is 10.1 Å². The summed E-state index contributed by atoms with van der Waals surface area (Å²) in [7, 11) is -0.868. The number of benzene rings is 2. The molecule has 0 heterocycles. The monoisotopic (exact) mass is 476 g/mol. The highest BCUT2D eigenvalue weighted by molar-refractivity contribution is 7.89. The third-order valence-corrected chi connectivity index (χ3v) is 7.63. The first-order valence-corrected chi connectivity index (χ1v) is 12.1. The number of sulfonamides is 1. The van der Waals surface area contributed by atoms with Gasteiger partial charge in [0.25, 0.3) is 5.91 Å². The highest BCUT2D eigenvalue weighted by atomic mass is 32.2. The lowest BCUT2D eigenvalue weighted by molar-refractivity contribution is -0.119. The van der Waals surface area contributed by atoms with Crippen LogP contribution in [-0.2, 0) is 19.6 Å². The van der Waals surface area contributed by atoms with E-state index in [1.807, 2.05) is 0 Å². The van der Waals surface area contributed by atoms with Crippen LogP contribution in [0.1, 0.15) is 42.5 Å². The highest BCUT2D eigenvalue weighted by Crippen LogP contribution is 2.30. The maximum absolute atomic E-state index is 13.2. The van der Waals surface area contributed by atoms with E-state index in [0.717, 1.165) is 32.1 Å². The van der Waals surface area contributed by atoms with E-state index in [9.17, 15) is 23.1 Å². The number of phenolic OH excluding ortho intramolecular Hbond substituents is 1. The summed E-state index contributed by atoms with van der Waals surface area (Å²) < 4.78 is 37.8. The summed E-state index contributed by atoms with van der Waals surface area (Å²) in [6.07, 6.45) is 4.67. The van der Waals surface area contributed by atoms with Gasteiger partial charge in [0.05, 0.1) is 12.8 Å². The van der Waals surface area contributed by atoms with Crippen LogP contribution in [0.4, 0.5) is 5.69 Å². The van der Waals surface area contributed by atoms with Gasteiger partial charge in [0.1, 0.15) is 22.0 Å². The van der Waals surface area contributed by atoms with Crippen LogP contribution in [-0.4, -0.2) is 56.5 Å². The second kappa shape index (κ2) is 10.7. The minimum atomic E-state index is -3.84. The van der Waals surface area contributed by atoms with Crippen LogP contribution >= 0.6 is 0 Å². The number of phenols is 1. The molecule has 1 saturated carbocycles. The molecule has 1 aliphatic carbocycles. The molecule has 2 aromatic rings. The molecule has 0 bridgehead atoms. The van der Waals surface area contributed by atoms with Gasteiger partial charge < -0.3 is 19.9 Å². The molecule has 0 aliphatic heterocycles. The fraction of sp³-hybridized carbons (Fsp3) is 0.391. The number of amides is 1. The second-order valence-electron chi connectivity index (χ2n) is 7.82. The molecule has 0 aromatic heterocycles. The fourth-order valence-electron chi connectivity index (χ4n) is 3.79. The number of methoxy groups -OCH3 is 1. The number of carbonyl (C=O) groups excluding carboxylic acids is 2. The van der Waals surface area contributed by atoms with Crippen molar-refractivity contribution >= 4 is 27.6 Å². The first-order valence-electron chi connectivity index (χ1n) is 10.6. The third kappa shape index (κ3) is 5.82. The van der Waals surface area contributed by atoms with Gasteiger partial charge in [-0.25, -0.2) is 13.2 Å². The van der Waals surface area contributed by atoms with Gasteiger partial charge in [-0.2, -0.15) is 4.31 Å². The van der Waals surface area contributed by atoms with Crippen molar-refractivity contribution in [1.29, 1.82) is 0 Å². The van der Waals surface area contributed by atoms with Gasteiger partial charge in [0.2, 0.25) is 10.0 Å². The molecule has 1 amide bonds. The van der Waals surface area contributed by atoms with Crippen LogP contribution in [0.3, 0.4) is 0 Å². The number of para-hydroxylation sites is 1.